The van der Waals surface area contributed by atoms with E-state index in [1.54, 1.807) is 18.4 Å². The van der Waals surface area contributed by atoms with Gasteiger partial charge in [-0.05, 0) is 40.0 Å². The Kier molecular flexibility index (Phi) is 11.7. The third kappa shape index (κ3) is 7.66. The van der Waals surface area contributed by atoms with Crippen molar-refractivity contribution in [3.05, 3.63) is 15.6 Å². The zero-order valence-electron chi connectivity index (χ0n) is 16.4. The molecule has 2 rings (SSSR count). The molecule has 0 radical (unpaired) electrons. The minimum absolute atomic E-state index is 0. The maximum absolute atomic E-state index is 5.94. The second-order valence-corrected chi connectivity index (χ2v) is 7.61. The van der Waals surface area contributed by atoms with Crippen molar-refractivity contribution in [3.63, 3.8) is 0 Å². The van der Waals surface area contributed by atoms with E-state index in [0.717, 1.165) is 68.8 Å². The Morgan fingerprint density at radius 3 is 2.62 bits per heavy atom. The summed E-state index contributed by atoms with van der Waals surface area (Å²) >= 11 is 1.74. The highest BCUT2D eigenvalue weighted by atomic mass is 127. The Labute approximate surface area is 178 Å². The standard InChI is InChI=1S/C18H32N4O2S.HI/c1-5-19-18(20-13-17-21-14(2)15(3)25-17)22-9-7-16(8-10-22)24-12-6-11-23-4;/h16H,5-13H2,1-4H3,(H,19,20);1H. The lowest BCUT2D eigenvalue weighted by Crippen LogP contribution is -2.47. The number of aliphatic imine (C=N–C) groups is 1. The number of hydrogen-bond donors (Lipinski definition) is 1. The first kappa shape index (κ1) is 23.6. The van der Waals surface area contributed by atoms with Gasteiger partial charge in [-0.15, -0.1) is 35.3 Å². The third-order valence-corrected chi connectivity index (χ3v) is 5.42. The van der Waals surface area contributed by atoms with E-state index in [9.17, 15) is 0 Å². The maximum atomic E-state index is 5.94. The number of halogens is 1. The van der Waals surface area contributed by atoms with E-state index < -0.39 is 0 Å². The van der Waals surface area contributed by atoms with E-state index in [1.165, 1.54) is 4.88 Å². The molecule has 0 amide bonds. The highest BCUT2D eigenvalue weighted by molar-refractivity contribution is 14.0. The van der Waals surface area contributed by atoms with Gasteiger partial charge in [0.25, 0.3) is 0 Å². The van der Waals surface area contributed by atoms with Gasteiger partial charge in [0.1, 0.15) is 5.01 Å². The van der Waals surface area contributed by atoms with Gasteiger partial charge < -0.3 is 19.7 Å². The quantitative estimate of drug-likeness (QED) is 0.259. The molecule has 26 heavy (non-hydrogen) atoms. The van der Waals surface area contributed by atoms with Gasteiger partial charge in [-0.25, -0.2) is 9.98 Å². The molecule has 1 saturated heterocycles. The molecule has 8 heteroatoms. The molecule has 0 aliphatic carbocycles. The molecule has 6 nitrogen and oxygen atoms in total. The summed E-state index contributed by atoms with van der Waals surface area (Å²) in [7, 11) is 1.73. The van der Waals surface area contributed by atoms with Gasteiger partial charge in [0, 0.05) is 44.8 Å². The summed E-state index contributed by atoms with van der Waals surface area (Å²) in [5.41, 5.74) is 1.12. The predicted octanol–water partition coefficient (Wildman–Crippen LogP) is 3.36. The van der Waals surface area contributed by atoms with Crippen LogP contribution in [0.15, 0.2) is 4.99 Å². The maximum Gasteiger partial charge on any atom is 0.194 e. The van der Waals surface area contributed by atoms with Crippen LogP contribution in [-0.2, 0) is 16.0 Å². The fourth-order valence-corrected chi connectivity index (χ4v) is 3.72. The number of hydrogen-bond acceptors (Lipinski definition) is 5. The van der Waals surface area contributed by atoms with Crippen LogP contribution in [0.5, 0.6) is 0 Å². The van der Waals surface area contributed by atoms with Crippen LogP contribution in [-0.4, -0.2) is 61.9 Å². The van der Waals surface area contributed by atoms with E-state index >= 15 is 0 Å². The molecule has 0 atom stereocenters. The minimum Gasteiger partial charge on any atom is -0.385 e. The molecular weight excluding hydrogens is 463 g/mol. The van der Waals surface area contributed by atoms with Crippen molar-refractivity contribution >= 4 is 41.3 Å². The first-order valence-electron chi connectivity index (χ1n) is 9.20. The molecule has 1 aromatic rings. The van der Waals surface area contributed by atoms with Crippen molar-refractivity contribution in [1.29, 1.82) is 0 Å². The summed E-state index contributed by atoms with van der Waals surface area (Å²) in [5.74, 6) is 0.992. The highest BCUT2D eigenvalue weighted by Crippen LogP contribution is 2.18. The predicted molar refractivity (Wildman–Crippen MR) is 119 cm³/mol. The monoisotopic (exact) mass is 496 g/mol. The fraction of sp³-hybridized carbons (Fsp3) is 0.778. The van der Waals surface area contributed by atoms with E-state index in [-0.39, 0.29) is 24.0 Å². The van der Waals surface area contributed by atoms with Crippen LogP contribution in [0, 0.1) is 13.8 Å². The molecule has 0 bridgehead atoms. The molecule has 1 aromatic heterocycles. The smallest absolute Gasteiger partial charge is 0.194 e. The van der Waals surface area contributed by atoms with Crippen molar-refractivity contribution in [3.8, 4) is 0 Å². The van der Waals surface area contributed by atoms with Crippen molar-refractivity contribution in [2.75, 3.05) is 40.0 Å². The molecule has 1 aliphatic heterocycles. The summed E-state index contributed by atoms with van der Waals surface area (Å²) in [6.45, 7) is 11.3. The number of guanidine groups is 1. The van der Waals surface area contributed by atoms with Crippen LogP contribution in [0.1, 0.15) is 41.8 Å². The number of aryl methyl sites for hydroxylation is 2. The van der Waals surface area contributed by atoms with Crippen molar-refractivity contribution < 1.29 is 9.47 Å². The average Bonchev–Trinajstić information content (AvgIpc) is 2.94. The molecule has 2 heterocycles. The van der Waals surface area contributed by atoms with Gasteiger partial charge >= 0.3 is 0 Å². The number of aromatic nitrogens is 1. The highest BCUT2D eigenvalue weighted by Gasteiger charge is 2.21. The van der Waals surface area contributed by atoms with Crippen LogP contribution in [0.2, 0.25) is 0 Å². The molecule has 0 aromatic carbocycles. The van der Waals surface area contributed by atoms with Gasteiger partial charge in [-0.2, -0.15) is 0 Å². The van der Waals surface area contributed by atoms with E-state index in [4.69, 9.17) is 14.5 Å². The Morgan fingerprint density at radius 1 is 1.31 bits per heavy atom. The number of methoxy groups -OCH3 is 1. The SMILES string of the molecule is CCNC(=NCc1nc(C)c(C)s1)N1CCC(OCCCOC)CC1.I. The molecule has 1 fully saturated rings. The van der Waals surface area contributed by atoms with Crippen LogP contribution in [0.25, 0.3) is 0 Å². The number of ether oxygens (including phenoxy) is 2. The normalized spacial score (nSPS) is 15.8. The second kappa shape index (κ2) is 12.9. The second-order valence-electron chi connectivity index (χ2n) is 6.32. The number of thiazole rings is 1. The van der Waals surface area contributed by atoms with Crippen molar-refractivity contribution in [1.82, 2.24) is 15.2 Å². The van der Waals surface area contributed by atoms with Crippen LogP contribution >= 0.6 is 35.3 Å². The van der Waals surface area contributed by atoms with Crippen LogP contribution in [0.4, 0.5) is 0 Å². The molecule has 1 N–H and O–H groups in total. The molecular formula is C18H33IN4O2S. The lowest BCUT2D eigenvalue weighted by Gasteiger charge is -2.34. The summed E-state index contributed by atoms with van der Waals surface area (Å²) < 4.78 is 11.0. The van der Waals surface area contributed by atoms with E-state index in [2.05, 4.69) is 36.0 Å². The Morgan fingerprint density at radius 2 is 2.04 bits per heavy atom. The zero-order valence-corrected chi connectivity index (χ0v) is 19.6. The van der Waals surface area contributed by atoms with E-state index in [1.807, 2.05) is 0 Å². The summed E-state index contributed by atoms with van der Waals surface area (Å²) in [5, 5.41) is 4.50. The van der Waals surface area contributed by atoms with Crippen LogP contribution < -0.4 is 5.32 Å². The van der Waals surface area contributed by atoms with Gasteiger partial charge in [-0.3, -0.25) is 0 Å². The summed E-state index contributed by atoms with van der Waals surface area (Å²) in [6, 6.07) is 0. The van der Waals surface area contributed by atoms with Gasteiger partial charge in [0.2, 0.25) is 0 Å². The van der Waals surface area contributed by atoms with Gasteiger partial charge in [0.15, 0.2) is 5.96 Å². The summed E-state index contributed by atoms with van der Waals surface area (Å²) in [4.78, 5) is 13.0. The zero-order chi connectivity index (χ0) is 18.1. The van der Waals surface area contributed by atoms with Gasteiger partial charge in [-0.1, -0.05) is 0 Å². The van der Waals surface area contributed by atoms with Gasteiger partial charge in [0.05, 0.1) is 18.3 Å². The number of likely N-dealkylation sites (tertiary alicyclic amines) is 1. The van der Waals surface area contributed by atoms with Crippen molar-refractivity contribution in [2.45, 2.75) is 52.7 Å². The van der Waals surface area contributed by atoms with E-state index in [0.29, 0.717) is 12.6 Å². The molecule has 150 valence electrons. The first-order valence-corrected chi connectivity index (χ1v) is 10.0. The number of nitrogens with one attached hydrogen (secondary N) is 1. The summed E-state index contributed by atoms with van der Waals surface area (Å²) in [6.07, 6.45) is 3.42. The average molecular weight is 496 g/mol. The first-order chi connectivity index (χ1) is 12.1. The minimum atomic E-state index is 0. The Balaban J connectivity index is 0.00000338. The molecule has 1 aliphatic rings. The Bertz CT molecular complexity index is 526. The lowest BCUT2D eigenvalue weighted by atomic mass is 10.1. The van der Waals surface area contributed by atoms with Crippen molar-refractivity contribution in [2.24, 2.45) is 4.99 Å². The third-order valence-electron chi connectivity index (χ3n) is 4.36. The number of piperidine rings is 1. The number of nitrogens with zero attached hydrogens (tertiary/aromatic N) is 3. The lowest BCUT2D eigenvalue weighted by molar-refractivity contribution is 0.00990. The molecule has 0 unspecified atom stereocenters. The Hall–Kier alpha value is -0.450. The number of rotatable bonds is 8. The molecule has 0 saturated carbocycles. The van der Waals surface area contributed by atoms with Crippen LogP contribution in [0.3, 0.4) is 0 Å². The molecule has 0 spiro atoms. The largest absolute Gasteiger partial charge is 0.385 e. The fourth-order valence-electron chi connectivity index (χ4n) is 2.86. The topological polar surface area (TPSA) is 59.0 Å².